The van der Waals surface area contributed by atoms with E-state index in [0.29, 0.717) is 30.2 Å². The maximum Gasteiger partial charge on any atom is 0.191 e. The summed E-state index contributed by atoms with van der Waals surface area (Å²) in [7, 11) is -3.22. The summed E-state index contributed by atoms with van der Waals surface area (Å²) in [4.78, 5) is 4.53. The normalized spacial score (nSPS) is 13.2. The van der Waals surface area contributed by atoms with Crippen LogP contribution in [-0.2, 0) is 22.1 Å². The molecule has 1 atom stereocenters. The van der Waals surface area contributed by atoms with E-state index in [9.17, 15) is 12.8 Å². The summed E-state index contributed by atoms with van der Waals surface area (Å²) in [5.41, 5.74) is 3.60. The number of hydrogen-bond donors (Lipinski definition) is 2. The molecule has 0 aliphatic carbocycles. The molecule has 0 bridgehead atoms. The molecule has 5 nitrogen and oxygen atoms in total. The van der Waals surface area contributed by atoms with Crippen LogP contribution >= 0.6 is 0 Å². The molecule has 0 saturated carbocycles. The number of aliphatic imine (C=N–C) groups is 1. The van der Waals surface area contributed by atoms with Gasteiger partial charge in [-0.1, -0.05) is 42.8 Å². The van der Waals surface area contributed by atoms with E-state index >= 15 is 0 Å². The standard InChI is InChI=1S/C22H30FN3O2S/c1-5-24-22(25-13-17(3)18-8-6-16(2)7-9-18)26-14-20-12-21(23)11-10-19(20)15-29(4,27)28/h6-12,17H,5,13-15H2,1-4H3,(H2,24,25,26). The Morgan fingerprint density at radius 3 is 2.41 bits per heavy atom. The lowest BCUT2D eigenvalue weighted by Gasteiger charge is -2.17. The van der Waals surface area contributed by atoms with Gasteiger partial charge in [-0.05, 0) is 48.6 Å². The minimum Gasteiger partial charge on any atom is -0.357 e. The molecule has 0 fully saturated rings. The number of nitrogens with zero attached hydrogens (tertiary/aromatic N) is 1. The number of sulfone groups is 1. The van der Waals surface area contributed by atoms with Gasteiger partial charge < -0.3 is 10.6 Å². The number of rotatable bonds is 8. The lowest BCUT2D eigenvalue weighted by molar-refractivity contribution is 0.600. The van der Waals surface area contributed by atoms with Crippen LogP contribution in [0.2, 0.25) is 0 Å². The molecule has 29 heavy (non-hydrogen) atoms. The molecule has 0 aromatic heterocycles. The van der Waals surface area contributed by atoms with Gasteiger partial charge in [-0.2, -0.15) is 0 Å². The highest BCUT2D eigenvalue weighted by Crippen LogP contribution is 2.16. The van der Waals surface area contributed by atoms with E-state index in [4.69, 9.17) is 0 Å². The van der Waals surface area contributed by atoms with Gasteiger partial charge >= 0.3 is 0 Å². The van der Waals surface area contributed by atoms with Gasteiger partial charge in [-0.3, -0.25) is 0 Å². The van der Waals surface area contributed by atoms with Crippen molar-refractivity contribution in [3.8, 4) is 0 Å². The minimum absolute atomic E-state index is 0.132. The van der Waals surface area contributed by atoms with E-state index < -0.39 is 15.7 Å². The van der Waals surface area contributed by atoms with Gasteiger partial charge in [-0.25, -0.2) is 17.8 Å². The molecule has 0 radical (unpaired) electrons. The molecule has 7 heteroatoms. The van der Waals surface area contributed by atoms with Gasteiger partial charge in [0.25, 0.3) is 0 Å². The average molecular weight is 420 g/mol. The third kappa shape index (κ3) is 7.85. The van der Waals surface area contributed by atoms with E-state index in [0.717, 1.165) is 0 Å². The van der Waals surface area contributed by atoms with Crippen molar-refractivity contribution in [2.45, 2.75) is 39.0 Å². The van der Waals surface area contributed by atoms with Crippen molar-refractivity contribution in [1.82, 2.24) is 10.6 Å². The zero-order chi connectivity index (χ0) is 21.4. The number of benzene rings is 2. The van der Waals surface area contributed by atoms with Crippen LogP contribution in [0.1, 0.15) is 42.0 Å². The van der Waals surface area contributed by atoms with Crippen molar-refractivity contribution < 1.29 is 12.8 Å². The predicted molar refractivity (Wildman–Crippen MR) is 117 cm³/mol. The molecule has 0 saturated heterocycles. The third-order valence-corrected chi connectivity index (χ3v) is 5.40. The molecule has 0 amide bonds. The monoisotopic (exact) mass is 419 g/mol. The topological polar surface area (TPSA) is 70.6 Å². The summed E-state index contributed by atoms with van der Waals surface area (Å²) in [6, 6.07) is 12.6. The molecular formula is C22H30FN3O2S. The Morgan fingerprint density at radius 1 is 1.10 bits per heavy atom. The zero-order valence-electron chi connectivity index (χ0n) is 17.5. The fourth-order valence-electron chi connectivity index (χ4n) is 2.93. The highest BCUT2D eigenvalue weighted by molar-refractivity contribution is 7.89. The van der Waals surface area contributed by atoms with Gasteiger partial charge in [0.15, 0.2) is 15.8 Å². The molecule has 2 aromatic rings. The molecule has 1 unspecified atom stereocenters. The molecule has 0 spiro atoms. The fraction of sp³-hybridized carbons (Fsp3) is 0.409. The molecule has 2 N–H and O–H groups in total. The first kappa shape index (κ1) is 22.9. The lowest BCUT2D eigenvalue weighted by Crippen LogP contribution is -2.39. The summed E-state index contributed by atoms with van der Waals surface area (Å²) in [6.45, 7) is 7.73. The second-order valence-corrected chi connectivity index (χ2v) is 9.51. The van der Waals surface area contributed by atoms with Crippen molar-refractivity contribution in [1.29, 1.82) is 0 Å². The molecule has 2 aromatic carbocycles. The van der Waals surface area contributed by atoms with E-state index in [-0.39, 0.29) is 18.2 Å². The number of aryl methyl sites for hydroxylation is 1. The number of guanidine groups is 1. The lowest BCUT2D eigenvalue weighted by atomic mass is 10.0. The van der Waals surface area contributed by atoms with Crippen LogP contribution in [0, 0.1) is 12.7 Å². The van der Waals surface area contributed by atoms with Crippen LogP contribution in [0.3, 0.4) is 0 Å². The van der Waals surface area contributed by atoms with Crippen LogP contribution in [-0.4, -0.2) is 33.7 Å². The summed E-state index contributed by atoms with van der Waals surface area (Å²) in [5, 5.41) is 6.49. The van der Waals surface area contributed by atoms with Crippen LogP contribution in [0.25, 0.3) is 0 Å². The van der Waals surface area contributed by atoms with E-state index in [2.05, 4.69) is 53.7 Å². The third-order valence-electron chi connectivity index (χ3n) is 4.56. The maximum atomic E-state index is 13.7. The molecule has 0 heterocycles. The average Bonchev–Trinajstić information content (AvgIpc) is 2.65. The summed E-state index contributed by atoms with van der Waals surface area (Å²) < 4.78 is 37.0. The Balaban J connectivity index is 2.10. The smallest absolute Gasteiger partial charge is 0.191 e. The van der Waals surface area contributed by atoms with Crippen molar-refractivity contribution in [3.63, 3.8) is 0 Å². The summed E-state index contributed by atoms with van der Waals surface area (Å²) >= 11 is 0. The van der Waals surface area contributed by atoms with Crippen molar-refractivity contribution in [3.05, 3.63) is 70.5 Å². The SMILES string of the molecule is CCNC(=NCc1cc(F)ccc1CS(C)(=O)=O)NCC(C)c1ccc(C)cc1. The van der Waals surface area contributed by atoms with E-state index in [1.165, 1.54) is 35.6 Å². The first-order valence-electron chi connectivity index (χ1n) is 9.71. The molecular weight excluding hydrogens is 389 g/mol. The number of halogens is 1. The fourth-order valence-corrected chi connectivity index (χ4v) is 3.78. The Kier molecular flexibility index (Phi) is 8.20. The highest BCUT2D eigenvalue weighted by atomic mass is 32.2. The summed E-state index contributed by atoms with van der Waals surface area (Å²) in [6.07, 6.45) is 1.17. The number of nitrogens with one attached hydrogen (secondary N) is 2. The minimum atomic E-state index is -3.22. The maximum absolute atomic E-state index is 13.7. The largest absolute Gasteiger partial charge is 0.357 e. The van der Waals surface area contributed by atoms with Crippen LogP contribution in [0.15, 0.2) is 47.5 Å². The Labute approximate surface area is 173 Å². The van der Waals surface area contributed by atoms with Crippen LogP contribution in [0.4, 0.5) is 4.39 Å². The van der Waals surface area contributed by atoms with Crippen molar-refractivity contribution >= 4 is 15.8 Å². The second-order valence-electron chi connectivity index (χ2n) is 7.37. The Hall–Kier alpha value is -2.41. The molecule has 2 rings (SSSR count). The highest BCUT2D eigenvalue weighted by Gasteiger charge is 2.11. The first-order chi connectivity index (χ1) is 13.7. The predicted octanol–water partition coefficient (Wildman–Crippen LogP) is 3.54. The molecule has 158 valence electrons. The van der Waals surface area contributed by atoms with E-state index in [1.54, 1.807) is 0 Å². The Morgan fingerprint density at radius 2 is 1.79 bits per heavy atom. The second kappa shape index (κ2) is 10.4. The quantitative estimate of drug-likeness (QED) is 0.507. The number of hydrogen-bond acceptors (Lipinski definition) is 3. The molecule has 0 aliphatic heterocycles. The Bertz CT molecular complexity index is 941. The van der Waals surface area contributed by atoms with Gasteiger partial charge in [0.2, 0.25) is 0 Å². The van der Waals surface area contributed by atoms with E-state index in [1.807, 2.05) is 6.92 Å². The van der Waals surface area contributed by atoms with Crippen molar-refractivity contribution in [2.24, 2.45) is 4.99 Å². The van der Waals surface area contributed by atoms with Crippen LogP contribution < -0.4 is 10.6 Å². The van der Waals surface area contributed by atoms with Gasteiger partial charge in [0.05, 0.1) is 12.3 Å². The van der Waals surface area contributed by atoms with Crippen LogP contribution in [0.5, 0.6) is 0 Å². The van der Waals surface area contributed by atoms with Gasteiger partial charge in [0, 0.05) is 19.3 Å². The first-order valence-corrected chi connectivity index (χ1v) is 11.8. The van der Waals surface area contributed by atoms with Crippen molar-refractivity contribution in [2.75, 3.05) is 19.3 Å². The molecule has 0 aliphatic rings. The zero-order valence-corrected chi connectivity index (χ0v) is 18.3. The summed E-state index contributed by atoms with van der Waals surface area (Å²) in [5.74, 6) is 0.362. The van der Waals surface area contributed by atoms with Gasteiger partial charge in [0.1, 0.15) is 5.82 Å². The van der Waals surface area contributed by atoms with Gasteiger partial charge in [-0.15, -0.1) is 0 Å².